The van der Waals surface area contributed by atoms with Crippen molar-refractivity contribution in [1.82, 2.24) is 4.98 Å². The van der Waals surface area contributed by atoms with Crippen molar-refractivity contribution in [1.29, 1.82) is 0 Å². The van der Waals surface area contributed by atoms with Crippen LogP contribution in [0.25, 0.3) is 0 Å². The van der Waals surface area contributed by atoms with E-state index in [4.69, 9.17) is 5.11 Å². The summed E-state index contributed by atoms with van der Waals surface area (Å²) in [5, 5.41) is 11.9. The van der Waals surface area contributed by atoms with Gasteiger partial charge in [-0.2, -0.15) is 0 Å². The van der Waals surface area contributed by atoms with Crippen molar-refractivity contribution >= 4 is 17.7 Å². The highest BCUT2D eigenvalue weighted by atomic mass is 16.4. The van der Waals surface area contributed by atoms with Crippen LogP contribution in [-0.2, 0) is 9.59 Å². The number of aliphatic carboxylic acids is 1. The quantitative estimate of drug-likeness (QED) is 0.815. The van der Waals surface area contributed by atoms with Crippen molar-refractivity contribution in [2.24, 2.45) is 11.8 Å². The largest absolute Gasteiger partial charge is 0.481 e. The topological polar surface area (TPSA) is 79.3 Å². The van der Waals surface area contributed by atoms with Gasteiger partial charge in [-0.05, 0) is 31.4 Å². The number of rotatable bonds is 3. The van der Waals surface area contributed by atoms with Crippen molar-refractivity contribution < 1.29 is 14.7 Å². The molecule has 0 spiro atoms. The molecule has 1 aliphatic rings. The van der Waals surface area contributed by atoms with E-state index in [0.717, 1.165) is 5.56 Å². The molecule has 1 aromatic rings. The van der Waals surface area contributed by atoms with E-state index in [1.807, 2.05) is 25.1 Å². The van der Waals surface area contributed by atoms with Gasteiger partial charge in [0.25, 0.3) is 0 Å². The Kier molecular flexibility index (Phi) is 3.94. The molecule has 100 valence electrons. The van der Waals surface area contributed by atoms with Gasteiger partial charge < -0.3 is 10.4 Å². The Bertz CT molecular complexity index is 525. The van der Waals surface area contributed by atoms with Gasteiger partial charge in [-0.1, -0.05) is 18.2 Å². The molecule has 5 nitrogen and oxygen atoms in total. The normalized spacial score (nSPS) is 21.9. The zero-order chi connectivity index (χ0) is 13.8. The third kappa shape index (κ3) is 2.99. The van der Waals surface area contributed by atoms with Crippen LogP contribution in [0.1, 0.15) is 18.4 Å². The summed E-state index contributed by atoms with van der Waals surface area (Å²) >= 11 is 0. The molecule has 1 amide bonds. The molecule has 0 saturated carbocycles. The number of carboxylic acid groups (broad SMARTS) is 1. The van der Waals surface area contributed by atoms with Crippen molar-refractivity contribution in [3.05, 3.63) is 36.0 Å². The van der Waals surface area contributed by atoms with Crippen LogP contribution >= 0.6 is 0 Å². The molecular formula is C14H16N2O3. The van der Waals surface area contributed by atoms with E-state index in [1.165, 1.54) is 0 Å². The number of aryl methyl sites for hydroxylation is 1. The van der Waals surface area contributed by atoms with Crippen LogP contribution in [0.2, 0.25) is 0 Å². The summed E-state index contributed by atoms with van der Waals surface area (Å²) in [6, 6.07) is 3.63. The molecule has 2 unspecified atom stereocenters. The molecule has 0 saturated heterocycles. The maximum absolute atomic E-state index is 12.2. The van der Waals surface area contributed by atoms with Crippen LogP contribution in [0.5, 0.6) is 0 Å². The number of anilines is 1. The Morgan fingerprint density at radius 1 is 1.32 bits per heavy atom. The molecule has 19 heavy (non-hydrogen) atoms. The lowest BCUT2D eigenvalue weighted by atomic mass is 9.82. The summed E-state index contributed by atoms with van der Waals surface area (Å²) in [5.41, 5.74) is 0.856. The molecule has 1 aromatic heterocycles. The Labute approximate surface area is 111 Å². The van der Waals surface area contributed by atoms with Crippen molar-refractivity contribution in [3.8, 4) is 0 Å². The predicted molar refractivity (Wildman–Crippen MR) is 70.6 cm³/mol. The van der Waals surface area contributed by atoms with E-state index in [2.05, 4.69) is 10.3 Å². The fraction of sp³-hybridized carbons (Fsp3) is 0.357. The van der Waals surface area contributed by atoms with E-state index in [0.29, 0.717) is 18.7 Å². The minimum absolute atomic E-state index is 0.279. The zero-order valence-electron chi connectivity index (χ0n) is 10.7. The molecular weight excluding hydrogens is 244 g/mol. The molecule has 2 atom stereocenters. The second kappa shape index (κ2) is 5.65. The summed E-state index contributed by atoms with van der Waals surface area (Å²) in [5.74, 6) is -1.91. The number of carboxylic acids is 1. The van der Waals surface area contributed by atoms with Gasteiger partial charge in [0.2, 0.25) is 5.91 Å². The Balaban J connectivity index is 2.13. The van der Waals surface area contributed by atoms with Gasteiger partial charge in [0.05, 0.1) is 11.8 Å². The molecule has 0 aromatic carbocycles. The van der Waals surface area contributed by atoms with E-state index < -0.39 is 17.8 Å². The van der Waals surface area contributed by atoms with E-state index in [1.54, 1.807) is 12.3 Å². The predicted octanol–water partition coefficient (Wildman–Crippen LogP) is 2.00. The highest BCUT2D eigenvalue weighted by Gasteiger charge is 2.34. The summed E-state index contributed by atoms with van der Waals surface area (Å²) in [4.78, 5) is 27.4. The average Bonchev–Trinajstić information content (AvgIpc) is 2.41. The van der Waals surface area contributed by atoms with Crippen LogP contribution < -0.4 is 5.32 Å². The molecule has 0 bridgehead atoms. The van der Waals surface area contributed by atoms with Crippen molar-refractivity contribution in [3.63, 3.8) is 0 Å². The van der Waals surface area contributed by atoms with Crippen molar-refractivity contribution in [2.75, 3.05) is 5.32 Å². The van der Waals surface area contributed by atoms with Crippen LogP contribution in [0.15, 0.2) is 30.5 Å². The number of nitrogens with zero attached hydrogens (tertiary/aromatic N) is 1. The third-order valence-corrected chi connectivity index (χ3v) is 3.34. The SMILES string of the molecule is Cc1cccnc1NC(=O)C1CC=CCC1C(=O)O. The van der Waals surface area contributed by atoms with E-state index in [-0.39, 0.29) is 5.91 Å². The fourth-order valence-corrected chi connectivity index (χ4v) is 2.20. The standard InChI is InChI=1S/C14H16N2O3/c1-9-5-4-8-15-12(9)16-13(17)10-6-2-3-7-11(10)14(18)19/h2-5,8,10-11H,6-7H2,1H3,(H,18,19)(H,15,16,17). The number of amides is 1. The Morgan fingerprint density at radius 3 is 2.63 bits per heavy atom. The van der Waals surface area contributed by atoms with Gasteiger partial charge in [0.15, 0.2) is 0 Å². The second-order valence-electron chi connectivity index (χ2n) is 4.65. The molecule has 0 fully saturated rings. The summed E-state index contributed by atoms with van der Waals surface area (Å²) in [7, 11) is 0. The first-order valence-electron chi connectivity index (χ1n) is 6.20. The van der Waals surface area contributed by atoms with Gasteiger partial charge in [-0.25, -0.2) is 4.98 Å². The van der Waals surface area contributed by atoms with Gasteiger partial charge in [-0.3, -0.25) is 9.59 Å². The Hall–Kier alpha value is -2.17. The summed E-state index contributed by atoms with van der Waals surface area (Å²) in [6.07, 6.45) is 6.12. The zero-order valence-corrected chi connectivity index (χ0v) is 10.7. The lowest BCUT2D eigenvalue weighted by Crippen LogP contribution is -2.35. The van der Waals surface area contributed by atoms with Gasteiger partial charge >= 0.3 is 5.97 Å². The number of carbonyl (C=O) groups excluding carboxylic acids is 1. The number of pyridine rings is 1. The summed E-state index contributed by atoms with van der Waals surface area (Å²) < 4.78 is 0. The minimum Gasteiger partial charge on any atom is -0.481 e. The van der Waals surface area contributed by atoms with Crippen LogP contribution in [-0.4, -0.2) is 22.0 Å². The second-order valence-corrected chi connectivity index (χ2v) is 4.65. The van der Waals surface area contributed by atoms with E-state index in [9.17, 15) is 9.59 Å². The fourth-order valence-electron chi connectivity index (χ4n) is 2.20. The maximum Gasteiger partial charge on any atom is 0.307 e. The highest BCUT2D eigenvalue weighted by Crippen LogP contribution is 2.27. The van der Waals surface area contributed by atoms with E-state index >= 15 is 0 Å². The first-order chi connectivity index (χ1) is 9.09. The van der Waals surface area contributed by atoms with Gasteiger partial charge in [0.1, 0.15) is 5.82 Å². The monoisotopic (exact) mass is 260 g/mol. The number of hydrogen-bond donors (Lipinski definition) is 2. The average molecular weight is 260 g/mol. The summed E-state index contributed by atoms with van der Waals surface area (Å²) in [6.45, 7) is 1.85. The van der Waals surface area contributed by atoms with Crippen LogP contribution in [0.3, 0.4) is 0 Å². The maximum atomic E-state index is 12.2. The Morgan fingerprint density at radius 2 is 2.00 bits per heavy atom. The minimum atomic E-state index is -0.928. The molecule has 5 heteroatoms. The number of aromatic nitrogens is 1. The van der Waals surface area contributed by atoms with Crippen LogP contribution in [0, 0.1) is 18.8 Å². The molecule has 2 N–H and O–H groups in total. The molecule has 0 aliphatic heterocycles. The first kappa shape index (κ1) is 13.3. The lowest BCUT2D eigenvalue weighted by molar-refractivity contribution is -0.146. The van der Waals surface area contributed by atoms with Gasteiger partial charge in [-0.15, -0.1) is 0 Å². The molecule has 2 rings (SSSR count). The number of allylic oxidation sites excluding steroid dienone is 2. The number of hydrogen-bond acceptors (Lipinski definition) is 3. The molecule has 0 radical (unpaired) electrons. The van der Waals surface area contributed by atoms with Gasteiger partial charge in [0, 0.05) is 6.20 Å². The molecule has 1 aliphatic carbocycles. The van der Waals surface area contributed by atoms with Crippen LogP contribution in [0.4, 0.5) is 5.82 Å². The third-order valence-electron chi connectivity index (χ3n) is 3.34. The molecule has 1 heterocycles. The lowest BCUT2D eigenvalue weighted by Gasteiger charge is -2.24. The van der Waals surface area contributed by atoms with Crippen molar-refractivity contribution in [2.45, 2.75) is 19.8 Å². The number of nitrogens with one attached hydrogen (secondary N) is 1. The first-order valence-corrected chi connectivity index (χ1v) is 6.20. The number of carbonyl (C=O) groups is 2. The highest BCUT2D eigenvalue weighted by molar-refractivity contribution is 5.95. The smallest absolute Gasteiger partial charge is 0.307 e.